The van der Waals surface area contributed by atoms with E-state index in [0.29, 0.717) is 0 Å². The zero-order valence-corrected chi connectivity index (χ0v) is 11.4. The molecule has 2 heterocycles. The number of aromatic amines is 1. The first kappa shape index (κ1) is 13.7. The van der Waals surface area contributed by atoms with E-state index in [1.807, 2.05) is 12.1 Å². The molecule has 0 unspecified atom stereocenters. The van der Waals surface area contributed by atoms with Gasteiger partial charge in [-0.3, -0.25) is 0 Å². The molecule has 1 aromatic carbocycles. The normalized spacial score (nSPS) is 10.5. The molecular formula is C15H17ClN2O. The Morgan fingerprint density at radius 2 is 2.00 bits per heavy atom. The van der Waals surface area contributed by atoms with Crippen LogP contribution < -0.4 is 5.32 Å². The van der Waals surface area contributed by atoms with Crippen molar-refractivity contribution >= 4 is 23.3 Å². The fraction of sp³-hybridized carbons (Fsp3) is 0.200. The van der Waals surface area contributed by atoms with Crippen molar-refractivity contribution in [3.63, 3.8) is 0 Å². The minimum atomic E-state index is 0. The molecule has 0 bridgehead atoms. The van der Waals surface area contributed by atoms with Gasteiger partial charge in [-0.1, -0.05) is 18.2 Å². The van der Waals surface area contributed by atoms with E-state index in [-0.39, 0.29) is 12.4 Å². The SMILES string of the molecule is Cl.c1coc(CNCCc2c[nH]c3ccccc23)c1. The number of H-pyrrole nitrogens is 1. The number of hydrogen-bond donors (Lipinski definition) is 2. The largest absolute Gasteiger partial charge is 0.468 e. The number of para-hydroxylation sites is 1. The quantitative estimate of drug-likeness (QED) is 0.700. The Morgan fingerprint density at radius 3 is 2.84 bits per heavy atom. The minimum Gasteiger partial charge on any atom is -0.468 e. The molecule has 4 heteroatoms. The molecule has 0 saturated heterocycles. The van der Waals surface area contributed by atoms with Crippen LogP contribution >= 0.6 is 12.4 Å². The van der Waals surface area contributed by atoms with E-state index in [1.54, 1.807) is 6.26 Å². The second-order valence-electron chi connectivity index (χ2n) is 4.37. The lowest BCUT2D eigenvalue weighted by Crippen LogP contribution is -2.16. The van der Waals surface area contributed by atoms with E-state index in [4.69, 9.17) is 4.42 Å². The van der Waals surface area contributed by atoms with Crippen LogP contribution in [0.4, 0.5) is 0 Å². The predicted molar refractivity (Wildman–Crippen MR) is 79.7 cm³/mol. The van der Waals surface area contributed by atoms with Crippen LogP contribution in [0.5, 0.6) is 0 Å². The van der Waals surface area contributed by atoms with Crippen LogP contribution in [0, 0.1) is 0 Å². The lowest BCUT2D eigenvalue weighted by molar-refractivity contribution is 0.484. The number of aromatic nitrogens is 1. The Labute approximate surface area is 118 Å². The Balaban J connectivity index is 0.00000133. The fourth-order valence-corrected chi connectivity index (χ4v) is 2.19. The molecule has 3 aromatic rings. The molecule has 0 fully saturated rings. The van der Waals surface area contributed by atoms with Crippen molar-refractivity contribution in [2.75, 3.05) is 6.54 Å². The van der Waals surface area contributed by atoms with Gasteiger partial charge in [-0.15, -0.1) is 12.4 Å². The van der Waals surface area contributed by atoms with Crippen LogP contribution in [0.25, 0.3) is 10.9 Å². The van der Waals surface area contributed by atoms with Gasteiger partial charge in [0, 0.05) is 17.1 Å². The van der Waals surface area contributed by atoms with Crippen molar-refractivity contribution < 1.29 is 4.42 Å². The standard InChI is InChI=1S/C15H16N2O.ClH/c1-2-6-15-14(5-1)12(10-17-15)7-8-16-11-13-4-3-9-18-13;/h1-6,9-10,16-17H,7-8,11H2;1H. The number of benzene rings is 1. The molecule has 3 nitrogen and oxygen atoms in total. The number of halogens is 1. The molecular weight excluding hydrogens is 260 g/mol. The average molecular weight is 277 g/mol. The van der Waals surface area contributed by atoms with E-state index >= 15 is 0 Å². The monoisotopic (exact) mass is 276 g/mol. The van der Waals surface area contributed by atoms with E-state index in [9.17, 15) is 0 Å². The Bertz CT molecular complexity index is 616. The Kier molecular flexibility index (Phi) is 4.66. The summed E-state index contributed by atoms with van der Waals surface area (Å²) in [6.45, 7) is 1.73. The Hall–Kier alpha value is -1.71. The van der Waals surface area contributed by atoms with Gasteiger partial charge in [-0.05, 0) is 36.7 Å². The third-order valence-corrected chi connectivity index (χ3v) is 3.13. The van der Waals surface area contributed by atoms with Crippen molar-refractivity contribution in [2.45, 2.75) is 13.0 Å². The van der Waals surface area contributed by atoms with Gasteiger partial charge in [0.15, 0.2) is 0 Å². The molecule has 0 aliphatic heterocycles. The molecule has 19 heavy (non-hydrogen) atoms. The summed E-state index contributed by atoms with van der Waals surface area (Å²) in [5.41, 5.74) is 2.57. The maximum Gasteiger partial charge on any atom is 0.117 e. The first-order valence-corrected chi connectivity index (χ1v) is 6.21. The Morgan fingerprint density at radius 1 is 1.11 bits per heavy atom. The van der Waals surface area contributed by atoms with Crippen LogP contribution in [0.1, 0.15) is 11.3 Å². The van der Waals surface area contributed by atoms with Crippen molar-refractivity contribution in [1.82, 2.24) is 10.3 Å². The molecule has 0 saturated carbocycles. The first-order valence-electron chi connectivity index (χ1n) is 6.21. The third kappa shape index (κ3) is 3.19. The summed E-state index contributed by atoms with van der Waals surface area (Å²) in [4.78, 5) is 3.30. The zero-order valence-electron chi connectivity index (χ0n) is 10.6. The predicted octanol–water partition coefficient (Wildman–Crippen LogP) is 3.52. The number of furan rings is 1. The van der Waals surface area contributed by atoms with Crippen molar-refractivity contribution in [1.29, 1.82) is 0 Å². The molecule has 2 N–H and O–H groups in total. The van der Waals surface area contributed by atoms with Gasteiger partial charge < -0.3 is 14.7 Å². The minimum absolute atomic E-state index is 0. The highest BCUT2D eigenvalue weighted by molar-refractivity contribution is 5.85. The van der Waals surface area contributed by atoms with Crippen LogP contribution in [-0.2, 0) is 13.0 Å². The van der Waals surface area contributed by atoms with Crippen LogP contribution in [0.15, 0.2) is 53.3 Å². The highest BCUT2D eigenvalue weighted by atomic mass is 35.5. The summed E-state index contributed by atoms with van der Waals surface area (Å²) in [6.07, 6.45) is 4.82. The van der Waals surface area contributed by atoms with Gasteiger partial charge in [0.25, 0.3) is 0 Å². The molecule has 0 spiro atoms. The van der Waals surface area contributed by atoms with E-state index in [0.717, 1.165) is 25.3 Å². The summed E-state index contributed by atoms with van der Waals surface area (Å²) in [5.74, 6) is 0.980. The summed E-state index contributed by atoms with van der Waals surface area (Å²) in [5, 5.41) is 4.70. The highest BCUT2D eigenvalue weighted by Crippen LogP contribution is 2.17. The zero-order chi connectivity index (χ0) is 12.2. The summed E-state index contributed by atoms with van der Waals surface area (Å²) >= 11 is 0. The second-order valence-corrected chi connectivity index (χ2v) is 4.37. The first-order chi connectivity index (χ1) is 8.93. The molecule has 3 rings (SSSR count). The van der Waals surface area contributed by atoms with Crippen molar-refractivity contribution in [2.24, 2.45) is 0 Å². The molecule has 0 amide bonds. The molecule has 2 aromatic heterocycles. The van der Waals surface area contributed by atoms with Gasteiger partial charge in [0.2, 0.25) is 0 Å². The number of hydrogen-bond acceptors (Lipinski definition) is 2. The van der Waals surface area contributed by atoms with Crippen LogP contribution in [0.3, 0.4) is 0 Å². The number of fused-ring (bicyclic) bond motifs is 1. The number of rotatable bonds is 5. The number of nitrogens with one attached hydrogen (secondary N) is 2. The molecule has 0 aliphatic rings. The summed E-state index contributed by atoms with van der Waals surface area (Å²) < 4.78 is 5.27. The van der Waals surface area contributed by atoms with E-state index in [2.05, 4.69) is 40.8 Å². The molecule has 0 aliphatic carbocycles. The topological polar surface area (TPSA) is 41.0 Å². The van der Waals surface area contributed by atoms with Gasteiger partial charge in [0.05, 0.1) is 12.8 Å². The van der Waals surface area contributed by atoms with E-state index < -0.39 is 0 Å². The molecule has 100 valence electrons. The summed E-state index contributed by atoms with van der Waals surface area (Å²) in [7, 11) is 0. The molecule has 0 radical (unpaired) electrons. The second kappa shape index (κ2) is 6.45. The summed E-state index contributed by atoms with van der Waals surface area (Å²) in [6, 6.07) is 12.3. The van der Waals surface area contributed by atoms with E-state index in [1.165, 1.54) is 16.5 Å². The van der Waals surface area contributed by atoms with Crippen LogP contribution in [-0.4, -0.2) is 11.5 Å². The van der Waals surface area contributed by atoms with Crippen molar-refractivity contribution in [3.05, 3.63) is 60.2 Å². The average Bonchev–Trinajstić information content (AvgIpc) is 3.04. The van der Waals surface area contributed by atoms with Crippen LogP contribution in [0.2, 0.25) is 0 Å². The van der Waals surface area contributed by atoms with Gasteiger partial charge >= 0.3 is 0 Å². The molecule has 0 atom stereocenters. The lowest BCUT2D eigenvalue weighted by atomic mass is 10.1. The smallest absolute Gasteiger partial charge is 0.117 e. The van der Waals surface area contributed by atoms with Crippen molar-refractivity contribution in [3.8, 4) is 0 Å². The third-order valence-electron chi connectivity index (χ3n) is 3.13. The maximum absolute atomic E-state index is 5.27. The van der Waals surface area contributed by atoms with Gasteiger partial charge in [-0.25, -0.2) is 0 Å². The lowest BCUT2D eigenvalue weighted by Gasteiger charge is -2.02. The fourth-order valence-electron chi connectivity index (χ4n) is 2.19. The van der Waals surface area contributed by atoms with Gasteiger partial charge in [0.1, 0.15) is 5.76 Å². The van der Waals surface area contributed by atoms with Gasteiger partial charge in [-0.2, -0.15) is 0 Å². The highest BCUT2D eigenvalue weighted by Gasteiger charge is 2.02. The maximum atomic E-state index is 5.27.